The Balaban J connectivity index is 1.30. The van der Waals surface area contributed by atoms with Gasteiger partial charge in [0.15, 0.2) is 0 Å². The molecule has 0 aromatic heterocycles. The van der Waals surface area contributed by atoms with Crippen molar-refractivity contribution in [1.29, 1.82) is 0 Å². The second-order valence-corrected chi connectivity index (χ2v) is 12.7. The first-order valence-corrected chi connectivity index (χ1v) is 12.3. The van der Waals surface area contributed by atoms with Crippen LogP contribution in [-0.4, -0.2) is 11.1 Å². The number of aliphatic carboxylic acids is 1. The summed E-state index contributed by atoms with van der Waals surface area (Å²) < 4.78 is 0. The fraction of sp³-hybridized carbons (Fsp3) is 0.885. The summed E-state index contributed by atoms with van der Waals surface area (Å²) in [5.74, 6) is 7.71. The molecule has 12 atom stereocenters. The van der Waals surface area contributed by atoms with Gasteiger partial charge in [0.1, 0.15) is 0 Å². The van der Waals surface area contributed by atoms with Gasteiger partial charge in [0.25, 0.3) is 0 Å². The van der Waals surface area contributed by atoms with Gasteiger partial charge in [-0.25, -0.2) is 0 Å². The minimum atomic E-state index is -0.489. The van der Waals surface area contributed by atoms with Crippen molar-refractivity contribution in [3.63, 3.8) is 0 Å². The Morgan fingerprint density at radius 2 is 1.75 bits per heavy atom. The predicted octanol–water partition coefficient (Wildman–Crippen LogP) is 5.63. The second kappa shape index (κ2) is 5.09. The van der Waals surface area contributed by atoms with E-state index in [0.29, 0.717) is 28.6 Å². The van der Waals surface area contributed by atoms with Crippen molar-refractivity contribution in [3.05, 3.63) is 12.2 Å². The molecule has 7 aliphatic rings. The number of hydrogen-bond donors (Lipinski definition) is 1. The molecule has 7 aliphatic carbocycles. The van der Waals surface area contributed by atoms with E-state index in [4.69, 9.17) is 0 Å². The van der Waals surface area contributed by atoms with Gasteiger partial charge >= 0.3 is 5.97 Å². The highest BCUT2D eigenvalue weighted by molar-refractivity contribution is 5.71. The summed E-state index contributed by atoms with van der Waals surface area (Å²) in [7, 11) is 0. The molecule has 0 heterocycles. The van der Waals surface area contributed by atoms with E-state index in [2.05, 4.69) is 26.0 Å². The predicted molar refractivity (Wildman–Crippen MR) is 108 cm³/mol. The third-order valence-corrected chi connectivity index (χ3v) is 12.3. The first-order chi connectivity index (χ1) is 13.4. The molecule has 6 fully saturated rings. The molecule has 0 spiro atoms. The van der Waals surface area contributed by atoms with Gasteiger partial charge in [0.05, 0.1) is 5.92 Å². The van der Waals surface area contributed by atoms with E-state index in [1.165, 1.54) is 44.9 Å². The lowest BCUT2D eigenvalue weighted by Crippen LogP contribution is -2.51. The van der Waals surface area contributed by atoms with Crippen LogP contribution in [0.5, 0.6) is 0 Å². The van der Waals surface area contributed by atoms with Crippen molar-refractivity contribution >= 4 is 5.97 Å². The van der Waals surface area contributed by atoms with Gasteiger partial charge in [0, 0.05) is 0 Å². The van der Waals surface area contributed by atoms with E-state index in [9.17, 15) is 9.90 Å². The van der Waals surface area contributed by atoms with Gasteiger partial charge in [0.2, 0.25) is 0 Å². The average Bonchev–Trinajstić information content (AvgIpc) is 3.50. The SMILES string of the molecule is CC(C)(C1CC2CC1C1CCCC21)C12CC(C(=O)O)C(C1)C1C3C=CC(C3)C12. The van der Waals surface area contributed by atoms with E-state index in [0.717, 1.165) is 47.8 Å². The van der Waals surface area contributed by atoms with Crippen LogP contribution in [0.15, 0.2) is 12.2 Å². The third-order valence-electron chi connectivity index (χ3n) is 12.3. The lowest BCUT2D eigenvalue weighted by molar-refractivity contribution is -0.148. The molecule has 152 valence electrons. The van der Waals surface area contributed by atoms with E-state index in [1.807, 2.05) is 0 Å². The smallest absolute Gasteiger partial charge is 0.306 e. The minimum Gasteiger partial charge on any atom is -0.481 e. The first-order valence-electron chi connectivity index (χ1n) is 12.3. The number of carboxylic acid groups (broad SMARTS) is 1. The zero-order valence-electron chi connectivity index (χ0n) is 17.5. The molecule has 0 radical (unpaired) electrons. The van der Waals surface area contributed by atoms with Gasteiger partial charge in [-0.15, -0.1) is 0 Å². The van der Waals surface area contributed by atoms with Crippen LogP contribution in [0.4, 0.5) is 0 Å². The van der Waals surface area contributed by atoms with Crippen LogP contribution in [0.2, 0.25) is 0 Å². The van der Waals surface area contributed by atoms with Gasteiger partial charge < -0.3 is 5.11 Å². The van der Waals surface area contributed by atoms with Crippen LogP contribution in [-0.2, 0) is 4.79 Å². The summed E-state index contributed by atoms with van der Waals surface area (Å²) >= 11 is 0. The molecule has 7 rings (SSSR count). The fourth-order valence-corrected chi connectivity index (χ4v) is 11.6. The van der Waals surface area contributed by atoms with Crippen LogP contribution < -0.4 is 0 Å². The maximum Gasteiger partial charge on any atom is 0.306 e. The average molecular weight is 381 g/mol. The molecule has 0 aromatic carbocycles. The number of allylic oxidation sites excluding steroid dienone is 2. The monoisotopic (exact) mass is 380 g/mol. The van der Waals surface area contributed by atoms with Crippen molar-refractivity contribution in [3.8, 4) is 0 Å². The topological polar surface area (TPSA) is 37.3 Å². The molecule has 0 aliphatic heterocycles. The van der Waals surface area contributed by atoms with Gasteiger partial charge in [-0.05, 0) is 115 Å². The standard InChI is InChI=1S/C26H36O2/c1-25(2,21-10-15-9-18(21)17-5-3-4-16(15)17)26-11-19(20(12-26)24(27)28)22-13-6-7-14(8-13)23(22)26/h6-7,13-23H,3-5,8-12H2,1-2H3,(H,27,28). The van der Waals surface area contributed by atoms with E-state index >= 15 is 0 Å². The molecule has 2 heteroatoms. The summed E-state index contributed by atoms with van der Waals surface area (Å²) in [6, 6.07) is 0. The number of carbonyl (C=O) groups is 1. The highest BCUT2D eigenvalue weighted by Gasteiger charge is 2.74. The van der Waals surface area contributed by atoms with Gasteiger partial charge in [-0.2, -0.15) is 0 Å². The summed E-state index contributed by atoms with van der Waals surface area (Å²) in [5, 5.41) is 10.1. The summed E-state index contributed by atoms with van der Waals surface area (Å²) in [4.78, 5) is 12.2. The number of rotatable bonds is 3. The lowest BCUT2D eigenvalue weighted by Gasteiger charge is -2.56. The van der Waals surface area contributed by atoms with Gasteiger partial charge in [-0.1, -0.05) is 32.4 Å². The Hall–Kier alpha value is -0.790. The Kier molecular flexibility index (Phi) is 3.08. The van der Waals surface area contributed by atoms with E-state index in [-0.39, 0.29) is 5.92 Å². The van der Waals surface area contributed by atoms with E-state index < -0.39 is 5.97 Å². The van der Waals surface area contributed by atoms with Crippen molar-refractivity contribution < 1.29 is 9.90 Å². The van der Waals surface area contributed by atoms with Crippen LogP contribution in [0, 0.1) is 75.9 Å². The fourth-order valence-electron chi connectivity index (χ4n) is 11.6. The molecule has 6 bridgehead atoms. The molecule has 0 amide bonds. The highest BCUT2D eigenvalue weighted by Crippen LogP contribution is 2.79. The van der Waals surface area contributed by atoms with Crippen molar-refractivity contribution in [2.24, 2.45) is 75.9 Å². The number of hydrogen-bond acceptors (Lipinski definition) is 1. The van der Waals surface area contributed by atoms with Crippen molar-refractivity contribution in [2.75, 3.05) is 0 Å². The van der Waals surface area contributed by atoms with Crippen molar-refractivity contribution in [2.45, 2.75) is 65.2 Å². The Morgan fingerprint density at radius 1 is 0.964 bits per heavy atom. The first kappa shape index (κ1) is 16.9. The maximum absolute atomic E-state index is 12.2. The normalized spacial score (nSPS) is 60.0. The summed E-state index contributed by atoms with van der Waals surface area (Å²) in [5.41, 5.74) is 0.596. The van der Waals surface area contributed by atoms with Gasteiger partial charge in [-0.3, -0.25) is 4.79 Å². The molecular formula is C26H36O2. The Labute approximate surface area is 169 Å². The molecule has 2 nitrogen and oxygen atoms in total. The van der Waals surface area contributed by atoms with Crippen LogP contribution in [0.1, 0.15) is 65.2 Å². The Bertz CT molecular complexity index is 766. The molecule has 1 N–H and O–H groups in total. The molecule has 6 saturated carbocycles. The van der Waals surface area contributed by atoms with E-state index in [1.54, 1.807) is 0 Å². The summed E-state index contributed by atoms with van der Waals surface area (Å²) in [6.07, 6.45) is 16.0. The van der Waals surface area contributed by atoms with Crippen LogP contribution >= 0.6 is 0 Å². The summed E-state index contributed by atoms with van der Waals surface area (Å²) in [6.45, 7) is 5.23. The molecule has 0 aromatic rings. The minimum absolute atomic E-state index is 0.0638. The number of fused-ring (bicyclic) bond motifs is 14. The third kappa shape index (κ3) is 1.70. The number of carboxylic acids is 1. The largest absolute Gasteiger partial charge is 0.481 e. The lowest BCUT2D eigenvalue weighted by atomic mass is 9.48. The molecular weight excluding hydrogens is 344 g/mol. The van der Waals surface area contributed by atoms with Crippen LogP contribution in [0.3, 0.4) is 0 Å². The molecule has 0 saturated heterocycles. The van der Waals surface area contributed by atoms with Crippen LogP contribution in [0.25, 0.3) is 0 Å². The second-order valence-electron chi connectivity index (χ2n) is 12.7. The quantitative estimate of drug-likeness (QED) is 0.508. The zero-order valence-corrected chi connectivity index (χ0v) is 17.5. The highest BCUT2D eigenvalue weighted by atomic mass is 16.4. The Morgan fingerprint density at radius 3 is 2.57 bits per heavy atom. The zero-order chi connectivity index (χ0) is 19.0. The maximum atomic E-state index is 12.2. The molecule has 28 heavy (non-hydrogen) atoms. The van der Waals surface area contributed by atoms with Crippen molar-refractivity contribution in [1.82, 2.24) is 0 Å². The molecule has 12 unspecified atom stereocenters.